The number of rotatable bonds is 22. The number of hydrogen-bond acceptors (Lipinski definition) is 16. The molecule has 0 spiro atoms. The summed E-state index contributed by atoms with van der Waals surface area (Å²) < 4.78 is 44.3. The molecule has 6 aromatic rings. The lowest BCUT2D eigenvalue weighted by Gasteiger charge is -2.26. The molecule has 0 atom stereocenters. The number of para-hydroxylation sites is 2. The van der Waals surface area contributed by atoms with Crippen molar-refractivity contribution in [2.45, 2.75) is 144 Å². The minimum absolute atomic E-state index is 0. The van der Waals surface area contributed by atoms with E-state index in [2.05, 4.69) is 13.8 Å². The molecular formula is C72H90O16. The number of unbranched alkanes of at least 4 members (excludes halogenated alkanes) is 2. The highest BCUT2D eigenvalue weighted by atomic mass is 16.6. The van der Waals surface area contributed by atoms with Crippen LogP contribution in [0.2, 0.25) is 0 Å². The Hall–Kier alpha value is -8.34. The van der Waals surface area contributed by atoms with Gasteiger partial charge in [-0.1, -0.05) is 87.4 Å². The Labute approximate surface area is 521 Å². The summed E-state index contributed by atoms with van der Waals surface area (Å²) in [6, 6.07) is 42.7. The van der Waals surface area contributed by atoms with Gasteiger partial charge in [0, 0.05) is 4.28 Å². The van der Waals surface area contributed by atoms with Gasteiger partial charge in [-0.05, 0) is 211 Å². The maximum Gasteiger partial charge on any atom is 0.314 e. The van der Waals surface area contributed by atoms with Gasteiger partial charge < -0.3 is 48.1 Å². The third-order valence-corrected chi connectivity index (χ3v) is 16.1. The van der Waals surface area contributed by atoms with Gasteiger partial charge in [-0.3, -0.25) is 28.8 Å². The normalized spacial score (nSPS) is 18.7. The SMILES string of the molecule is CCCCOc1ccc(OC(=O)C2CCC(C(=O)Oc3ccc(OCCCC)cc3)CC2)cc1.Cc1ccccc1OC(=O)C1CCC(C(=O)Oc2ccccc2C)CC1.O=C(Oc1ccc(CO)cc1)C1CCC(C(=O)Oc2ccc(CO)cc2)CC1.[HH].[HH].[HH]. The number of carbonyl (C=O) groups excluding carboxylic acids is 6. The van der Waals surface area contributed by atoms with E-state index in [-0.39, 0.29) is 88.8 Å². The fourth-order valence-corrected chi connectivity index (χ4v) is 10.4. The van der Waals surface area contributed by atoms with Crippen LogP contribution >= 0.6 is 0 Å². The van der Waals surface area contributed by atoms with Crippen molar-refractivity contribution >= 4 is 35.8 Å². The van der Waals surface area contributed by atoms with Crippen molar-refractivity contribution in [3.63, 3.8) is 0 Å². The van der Waals surface area contributed by atoms with Gasteiger partial charge in [-0.2, -0.15) is 0 Å². The van der Waals surface area contributed by atoms with E-state index < -0.39 is 0 Å². The van der Waals surface area contributed by atoms with Crippen molar-refractivity contribution in [2.75, 3.05) is 13.2 Å². The monoisotopic (exact) mass is 1210 g/mol. The second-order valence-corrected chi connectivity index (χ2v) is 22.7. The molecule has 0 heterocycles. The zero-order valence-corrected chi connectivity index (χ0v) is 51.1. The second-order valence-electron chi connectivity index (χ2n) is 22.7. The molecule has 3 aliphatic carbocycles. The number of hydrogen-bond donors (Lipinski definition) is 2. The number of aliphatic hydroxyl groups excluding tert-OH is 2. The zero-order chi connectivity index (χ0) is 62.6. The third-order valence-electron chi connectivity index (χ3n) is 16.1. The highest BCUT2D eigenvalue weighted by molar-refractivity contribution is 5.80. The number of ether oxygens (including phenoxy) is 8. The molecule has 0 amide bonds. The highest BCUT2D eigenvalue weighted by Crippen LogP contribution is 2.35. The lowest BCUT2D eigenvalue weighted by Crippen LogP contribution is -2.30. The Morgan fingerprint density at radius 2 is 0.568 bits per heavy atom. The van der Waals surface area contributed by atoms with Gasteiger partial charge in [0.1, 0.15) is 46.0 Å². The molecule has 3 aliphatic rings. The number of carbonyl (C=O) groups is 6. The van der Waals surface area contributed by atoms with Gasteiger partial charge in [0.15, 0.2) is 0 Å². The van der Waals surface area contributed by atoms with E-state index >= 15 is 0 Å². The van der Waals surface area contributed by atoms with Crippen LogP contribution in [-0.2, 0) is 42.0 Å². The highest BCUT2D eigenvalue weighted by Gasteiger charge is 2.35. The summed E-state index contributed by atoms with van der Waals surface area (Å²) >= 11 is 0. The maximum absolute atomic E-state index is 12.6. The first kappa shape index (κ1) is 67.2. The topological polar surface area (TPSA) is 217 Å². The van der Waals surface area contributed by atoms with Crippen molar-refractivity contribution in [2.24, 2.45) is 35.5 Å². The molecule has 16 nitrogen and oxygen atoms in total. The Bertz CT molecular complexity index is 2940. The minimum atomic E-state index is -0.289. The molecular weight excluding hydrogens is 1120 g/mol. The van der Waals surface area contributed by atoms with Crippen LogP contribution in [0.15, 0.2) is 146 Å². The molecule has 6 aromatic carbocycles. The molecule has 88 heavy (non-hydrogen) atoms. The van der Waals surface area contributed by atoms with E-state index in [9.17, 15) is 28.8 Å². The molecule has 0 saturated heterocycles. The summed E-state index contributed by atoms with van der Waals surface area (Å²) in [4.78, 5) is 74.6. The molecule has 16 heteroatoms. The fourth-order valence-electron chi connectivity index (χ4n) is 10.4. The first-order chi connectivity index (χ1) is 42.7. The van der Waals surface area contributed by atoms with E-state index in [1.807, 2.05) is 74.5 Å². The van der Waals surface area contributed by atoms with Gasteiger partial charge in [0.2, 0.25) is 0 Å². The largest absolute Gasteiger partial charge is 0.494 e. The van der Waals surface area contributed by atoms with Crippen LogP contribution in [0.4, 0.5) is 0 Å². The fraction of sp³-hybridized carbons (Fsp3) is 0.417. The van der Waals surface area contributed by atoms with Crippen LogP contribution in [0.5, 0.6) is 46.0 Å². The molecule has 2 N–H and O–H groups in total. The summed E-state index contributed by atoms with van der Waals surface area (Å²) in [5, 5.41) is 18.1. The minimum Gasteiger partial charge on any atom is -0.494 e. The molecule has 0 unspecified atom stereocenters. The first-order valence-corrected chi connectivity index (χ1v) is 31.0. The number of benzene rings is 6. The Balaban J connectivity index is 0.000000289. The predicted octanol–water partition coefficient (Wildman–Crippen LogP) is 14.7. The van der Waals surface area contributed by atoms with Gasteiger partial charge in [0.05, 0.1) is 61.9 Å². The Morgan fingerprint density at radius 1 is 0.341 bits per heavy atom. The van der Waals surface area contributed by atoms with Gasteiger partial charge in [0.25, 0.3) is 0 Å². The summed E-state index contributed by atoms with van der Waals surface area (Å²) in [6.45, 7) is 9.32. The maximum atomic E-state index is 12.6. The van der Waals surface area contributed by atoms with E-state index in [1.54, 1.807) is 84.9 Å². The summed E-state index contributed by atoms with van der Waals surface area (Å²) in [6.07, 6.45) is 11.5. The Morgan fingerprint density at radius 3 is 0.807 bits per heavy atom. The number of aliphatic hydroxyl groups is 2. The van der Waals surface area contributed by atoms with Crippen molar-refractivity contribution < 1.29 is 81.2 Å². The summed E-state index contributed by atoms with van der Waals surface area (Å²) in [5.41, 5.74) is 3.39. The van der Waals surface area contributed by atoms with Crippen LogP contribution in [0.1, 0.15) is 143 Å². The first-order valence-electron chi connectivity index (χ1n) is 31.0. The standard InChI is InChI=1S/C28H36O6.C22H24O6.C22H24O4.3H2/c1-3-5-19-31-23-11-15-25(16-12-23)33-27(29)21-7-9-22(10-8-21)28(30)34-26-17-13-24(14-18-26)32-20-6-4-2;23-13-15-1-9-19(10-2-15)27-21(25)17-5-7-18(8-6-17)22(26)28-20-11-3-16(14-24)4-12-20;1-15-7-3-5-9-19(15)25-21(23)17-11-13-18(14-12-17)22(24)26-20-10-6-4-8-16(20)2;;;/h11-18,21-22H,3-10,19-20H2,1-2H3;1-4,9-12,17-18,23-24H,5-8,13-14H2;3-10,17-18H,11-14H2,1-2H3;3*1H. The van der Waals surface area contributed by atoms with Crippen LogP contribution in [-0.4, -0.2) is 59.2 Å². The second kappa shape index (κ2) is 35.5. The van der Waals surface area contributed by atoms with Crippen molar-refractivity contribution in [1.82, 2.24) is 0 Å². The lowest BCUT2D eigenvalue weighted by molar-refractivity contribution is -0.145. The van der Waals surface area contributed by atoms with E-state index in [0.29, 0.717) is 125 Å². The molecule has 3 saturated carbocycles. The zero-order valence-electron chi connectivity index (χ0n) is 51.1. The van der Waals surface area contributed by atoms with Crippen LogP contribution in [0, 0.1) is 49.4 Å². The smallest absolute Gasteiger partial charge is 0.314 e. The van der Waals surface area contributed by atoms with E-state index in [1.165, 1.54) is 0 Å². The molecule has 0 bridgehead atoms. The number of aryl methyl sites for hydroxylation is 2. The predicted molar refractivity (Wildman–Crippen MR) is 337 cm³/mol. The van der Waals surface area contributed by atoms with Crippen LogP contribution in [0.3, 0.4) is 0 Å². The van der Waals surface area contributed by atoms with Gasteiger partial charge >= 0.3 is 35.8 Å². The molecule has 0 aromatic heterocycles. The third kappa shape index (κ3) is 21.5. The lowest BCUT2D eigenvalue weighted by atomic mass is 9.82. The van der Waals surface area contributed by atoms with Gasteiger partial charge in [-0.15, -0.1) is 0 Å². The summed E-state index contributed by atoms with van der Waals surface area (Å²) in [5.74, 6) is 2.03. The van der Waals surface area contributed by atoms with Gasteiger partial charge in [-0.25, -0.2) is 0 Å². The van der Waals surface area contributed by atoms with Crippen molar-refractivity contribution in [3.8, 4) is 46.0 Å². The number of esters is 6. The molecule has 0 radical (unpaired) electrons. The molecule has 9 rings (SSSR count). The van der Waals surface area contributed by atoms with Crippen molar-refractivity contribution in [3.05, 3.63) is 168 Å². The summed E-state index contributed by atoms with van der Waals surface area (Å²) in [7, 11) is 0. The molecule has 3 fully saturated rings. The van der Waals surface area contributed by atoms with E-state index in [0.717, 1.165) is 59.4 Å². The molecule has 474 valence electrons. The average molecular weight is 1210 g/mol. The van der Waals surface area contributed by atoms with Crippen LogP contribution < -0.4 is 37.9 Å². The van der Waals surface area contributed by atoms with E-state index in [4.69, 9.17) is 48.1 Å². The van der Waals surface area contributed by atoms with Crippen molar-refractivity contribution in [1.29, 1.82) is 0 Å². The Kier molecular flexibility index (Phi) is 27.1. The average Bonchev–Trinajstić information content (AvgIpc) is 3.42. The molecule has 0 aliphatic heterocycles. The quantitative estimate of drug-likeness (QED) is 0.0367. The van der Waals surface area contributed by atoms with Crippen LogP contribution in [0.25, 0.3) is 0 Å².